The van der Waals surface area contributed by atoms with Crippen molar-refractivity contribution in [3.05, 3.63) is 59.7 Å². The Bertz CT molecular complexity index is 752. The zero-order chi connectivity index (χ0) is 17.5. The molecule has 0 saturated carbocycles. The maximum Gasteiger partial charge on any atom is 0.271 e. The van der Waals surface area contributed by atoms with Gasteiger partial charge in [0.2, 0.25) is 5.91 Å². The first-order valence-electron chi connectivity index (χ1n) is 7.44. The molecule has 0 radical (unpaired) electrons. The van der Waals surface area contributed by atoms with Crippen LogP contribution in [-0.2, 0) is 4.79 Å². The molecule has 124 valence electrons. The Hall–Kier alpha value is -3.15. The van der Waals surface area contributed by atoms with E-state index in [0.717, 1.165) is 11.3 Å². The number of rotatable bonds is 5. The highest BCUT2D eigenvalue weighted by Crippen LogP contribution is 2.12. The number of hydrazone groups is 1. The topological polar surface area (TPSA) is 73.8 Å². The normalized spacial score (nSPS) is 10.5. The summed E-state index contributed by atoms with van der Waals surface area (Å²) in [5.41, 5.74) is 5.43. The van der Waals surface area contributed by atoms with Crippen molar-refractivity contribution in [2.24, 2.45) is 5.10 Å². The van der Waals surface area contributed by atoms with Crippen LogP contribution in [0.4, 0.5) is 11.4 Å². The van der Waals surface area contributed by atoms with E-state index in [0.29, 0.717) is 11.3 Å². The molecule has 0 saturated heterocycles. The van der Waals surface area contributed by atoms with Gasteiger partial charge < -0.3 is 10.2 Å². The van der Waals surface area contributed by atoms with E-state index in [1.165, 1.54) is 6.92 Å². The monoisotopic (exact) mass is 324 g/mol. The smallest absolute Gasteiger partial charge is 0.271 e. The Balaban J connectivity index is 1.98. The molecule has 0 aromatic heterocycles. The minimum Gasteiger partial charge on any atom is -0.378 e. The van der Waals surface area contributed by atoms with Crippen LogP contribution in [0.2, 0.25) is 0 Å². The van der Waals surface area contributed by atoms with Crippen molar-refractivity contribution >= 4 is 29.4 Å². The van der Waals surface area contributed by atoms with Crippen molar-refractivity contribution < 1.29 is 9.59 Å². The Kier molecular flexibility index (Phi) is 5.68. The number of carbonyl (C=O) groups excluding carboxylic acids is 2. The molecule has 0 unspecified atom stereocenters. The number of anilines is 2. The maximum absolute atomic E-state index is 12.1. The molecule has 6 nitrogen and oxygen atoms in total. The van der Waals surface area contributed by atoms with Crippen LogP contribution in [0.1, 0.15) is 22.8 Å². The average molecular weight is 324 g/mol. The van der Waals surface area contributed by atoms with Crippen LogP contribution >= 0.6 is 0 Å². The second-order valence-corrected chi connectivity index (χ2v) is 5.45. The number of carbonyl (C=O) groups is 2. The van der Waals surface area contributed by atoms with Crippen LogP contribution in [0.25, 0.3) is 0 Å². The SMILES string of the molecule is CC(=O)Nc1cccc(C(=O)N/N=C\c2ccc(N(C)C)cc2)c1. The third kappa shape index (κ3) is 4.95. The number of amides is 2. The molecule has 6 heteroatoms. The van der Waals surface area contributed by atoms with Gasteiger partial charge in [-0.1, -0.05) is 18.2 Å². The fourth-order valence-electron chi connectivity index (χ4n) is 2.03. The van der Waals surface area contributed by atoms with Crippen molar-refractivity contribution in [3.63, 3.8) is 0 Å². The number of hydrogen-bond donors (Lipinski definition) is 2. The second kappa shape index (κ2) is 7.92. The Morgan fingerprint density at radius 1 is 1.08 bits per heavy atom. The highest BCUT2D eigenvalue weighted by atomic mass is 16.2. The first kappa shape index (κ1) is 17.2. The van der Waals surface area contributed by atoms with E-state index in [2.05, 4.69) is 15.8 Å². The Labute approximate surface area is 141 Å². The standard InChI is InChI=1S/C18H20N4O2/c1-13(23)20-16-6-4-5-15(11-16)18(24)21-19-12-14-7-9-17(10-8-14)22(2)3/h4-12H,1-3H3,(H,20,23)(H,21,24)/b19-12-. The first-order chi connectivity index (χ1) is 11.5. The summed E-state index contributed by atoms with van der Waals surface area (Å²) < 4.78 is 0. The highest BCUT2D eigenvalue weighted by molar-refractivity contribution is 5.97. The Morgan fingerprint density at radius 3 is 2.42 bits per heavy atom. The van der Waals surface area contributed by atoms with Gasteiger partial charge in [-0.2, -0.15) is 5.10 Å². The molecule has 2 rings (SSSR count). The largest absolute Gasteiger partial charge is 0.378 e. The van der Waals surface area contributed by atoms with Gasteiger partial charge in [0.25, 0.3) is 5.91 Å². The molecule has 24 heavy (non-hydrogen) atoms. The summed E-state index contributed by atoms with van der Waals surface area (Å²) in [5.74, 6) is -0.532. The molecular formula is C18H20N4O2. The molecule has 2 N–H and O–H groups in total. The summed E-state index contributed by atoms with van der Waals surface area (Å²) in [5, 5.41) is 6.59. The van der Waals surface area contributed by atoms with Gasteiger partial charge in [-0.25, -0.2) is 5.43 Å². The number of nitrogens with zero attached hydrogens (tertiary/aromatic N) is 2. The van der Waals surface area contributed by atoms with Gasteiger partial charge >= 0.3 is 0 Å². The molecule has 0 bridgehead atoms. The molecule has 0 aliphatic heterocycles. The molecule has 0 aliphatic carbocycles. The quantitative estimate of drug-likeness (QED) is 0.655. The van der Waals surface area contributed by atoms with Crippen LogP contribution in [0.15, 0.2) is 53.6 Å². The van der Waals surface area contributed by atoms with Crippen molar-refractivity contribution in [1.29, 1.82) is 0 Å². The van der Waals surface area contributed by atoms with E-state index in [1.807, 2.05) is 43.3 Å². The lowest BCUT2D eigenvalue weighted by Gasteiger charge is -2.11. The fourth-order valence-corrected chi connectivity index (χ4v) is 2.03. The molecular weight excluding hydrogens is 304 g/mol. The highest BCUT2D eigenvalue weighted by Gasteiger charge is 2.05. The number of hydrogen-bond acceptors (Lipinski definition) is 4. The van der Waals surface area contributed by atoms with Gasteiger partial charge in [0, 0.05) is 38.0 Å². The lowest BCUT2D eigenvalue weighted by atomic mass is 10.2. The van der Waals surface area contributed by atoms with E-state index in [9.17, 15) is 9.59 Å². The van der Waals surface area contributed by atoms with E-state index in [1.54, 1.807) is 30.5 Å². The zero-order valence-corrected chi connectivity index (χ0v) is 13.9. The van der Waals surface area contributed by atoms with E-state index in [4.69, 9.17) is 0 Å². The minimum absolute atomic E-state index is 0.188. The summed E-state index contributed by atoms with van der Waals surface area (Å²) in [6.07, 6.45) is 1.58. The first-order valence-corrected chi connectivity index (χ1v) is 7.44. The molecule has 2 amide bonds. The number of nitrogens with one attached hydrogen (secondary N) is 2. The molecule has 2 aromatic rings. The van der Waals surface area contributed by atoms with Crippen LogP contribution in [0.5, 0.6) is 0 Å². The van der Waals surface area contributed by atoms with Gasteiger partial charge in [0.05, 0.1) is 6.21 Å². The molecule has 0 fully saturated rings. The lowest BCUT2D eigenvalue weighted by Crippen LogP contribution is -2.18. The van der Waals surface area contributed by atoms with E-state index < -0.39 is 0 Å². The molecule has 0 heterocycles. The van der Waals surface area contributed by atoms with Gasteiger partial charge in [-0.15, -0.1) is 0 Å². The average Bonchev–Trinajstić information content (AvgIpc) is 2.55. The van der Waals surface area contributed by atoms with E-state index in [-0.39, 0.29) is 11.8 Å². The van der Waals surface area contributed by atoms with Crippen LogP contribution in [0, 0.1) is 0 Å². The fraction of sp³-hybridized carbons (Fsp3) is 0.167. The number of benzene rings is 2. The lowest BCUT2D eigenvalue weighted by molar-refractivity contribution is -0.114. The predicted molar refractivity (Wildman–Crippen MR) is 96.6 cm³/mol. The van der Waals surface area contributed by atoms with Crippen molar-refractivity contribution in [2.45, 2.75) is 6.92 Å². The molecule has 2 aromatic carbocycles. The van der Waals surface area contributed by atoms with Crippen LogP contribution in [0.3, 0.4) is 0 Å². The minimum atomic E-state index is -0.344. The second-order valence-electron chi connectivity index (χ2n) is 5.45. The summed E-state index contributed by atoms with van der Waals surface area (Å²) in [6.45, 7) is 1.42. The van der Waals surface area contributed by atoms with Crippen molar-refractivity contribution in [1.82, 2.24) is 5.43 Å². The van der Waals surface area contributed by atoms with E-state index >= 15 is 0 Å². The Morgan fingerprint density at radius 2 is 1.79 bits per heavy atom. The molecule has 0 spiro atoms. The van der Waals surface area contributed by atoms with Crippen LogP contribution in [-0.4, -0.2) is 32.1 Å². The third-order valence-corrected chi connectivity index (χ3v) is 3.23. The molecule has 0 atom stereocenters. The summed E-state index contributed by atoms with van der Waals surface area (Å²) in [4.78, 5) is 25.1. The molecule has 0 aliphatic rings. The zero-order valence-electron chi connectivity index (χ0n) is 13.9. The maximum atomic E-state index is 12.1. The van der Waals surface area contributed by atoms with Crippen molar-refractivity contribution in [2.75, 3.05) is 24.3 Å². The van der Waals surface area contributed by atoms with Gasteiger partial charge in [0.15, 0.2) is 0 Å². The third-order valence-electron chi connectivity index (χ3n) is 3.23. The van der Waals surface area contributed by atoms with Gasteiger partial charge in [-0.05, 0) is 35.9 Å². The van der Waals surface area contributed by atoms with Crippen molar-refractivity contribution in [3.8, 4) is 0 Å². The summed E-state index contributed by atoms with van der Waals surface area (Å²) >= 11 is 0. The predicted octanol–water partition coefficient (Wildman–Crippen LogP) is 2.47. The van der Waals surface area contributed by atoms with Gasteiger partial charge in [-0.3, -0.25) is 9.59 Å². The summed E-state index contributed by atoms with van der Waals surface area (Å²) in [6, 6.07) is 14.4. The van der Waals surface area contributed by atoms with Gasteiger partial charge in [0.1, 0.15) is 0 Å². The van der Waals surface area contributed by atoms with Crippen LogP contribution < -0.4 is 15.6 Å². The summed E-state index contributed by atoms with van der Waals surface area (Å²) in [7, 11) is 3.94.